The maximum atomic E-state index is 12.3. The van der Waals surface area contributed by atoms with Crippen LogP contribution in [-0.2, 0) is 15.6 Å². The summed E-state index contributed by atoms with van der Waals surface area (Å²) in [5.41, 5.74) is 1.63. The van der Waals surface area contributed by atoms with Gasteiger partial charge in [0.15, 0.2) is 11.5 Å². The minimum absolute atomic E-state index is 0.0329. The summed E-state index contributed by atoms with van der Waals surface area (Å²) in [6, 6.07) is 9.85. The van der Waals surface area contributed by atoms with Gasteiger partial charge in [0.25, 0.3) is 15.0 Å². The van der Waals surface area contributed by atoms with E-state index < -0.39 is 9.05 Å². The molecule has 134 valence electrons. The van der Waals surface area contributed by atoms with Gasteiger partial charge in [0.1, 0.15) is 0 Å². The number of halogens is 1. The first kappa shape index (κ1) is 19.1. The van der Waals surface area contributed by atoms with Crippen molar-refractivity contribution in [2.24, 2.45) is 0 Å². The van der Waals surface area contributed by atoms with Gasteiger partial charge < -0.3 is 14.8 Å². The Balaban J connectivity index is 2.35. The lowest BCUT2D eigenvalue weighted by molar-refractivity contribution is 0.0950. The number of nitrogens with one attached hydrogen (secondary N) is 1. The number of methoxy groups -OCH3 is 2. The molecule has 0 heterocycles. The molecule has 0 saturated heterocycles. The van der Waals surface area contributed by atoms with Gasteiger partial charge in [-0.3, -0.25) is 4.79 Å². The molecule has 0 aliphatic rings. The molecule has 0 aromatic heterocycles. The minimum atomic E-state index is -4.03. The third kappa shape index (κ3) is 4.43. The second kappa shape index (κ2) is 7.76. The van der Waals surface area contributed by atoms with Crippen molar-refractivity contribution in [1.29, 1.82) is 0 Å². The Morgan fingerprint density at radius 1 is 1.12 bits per heavy atom. The van der Waals surface area contributed by atoms with E-state index in [4.69, 9.17) is 20.2 Å². The normalized spacial score (nSPS) is 11.0. The van der Waals surface area contributed by atoms with E-state index in [9.17, 15) is 13.2 Å². The summed E-state index contributed by atoms with van der Waals surface area (Å²) in [6.45, 7) is 1.79. The predicted octanol–water partition coefficient (Wildman–Crippen LogP) is 2.87. The molecule has 0 radical (unpaired) electrons. The molecule has 0 atom stereocenters. The van der Waals surface area contributed by atoms with Crippen molar-refractivity contribution in [1.82, 2.24) is 5.32 Å². The number of carbonyl (C=O) groups excluding carboxylic acids is 1. The molecular weight excluding hydrogens is 366 g/mol. The van der Waals surface area contributed by atoms with E-state index in [1.54, 1.807) is 12.1 Å². The highest BCUT2D eigenvalue weighted by Crippen LogP contribution is 2.34. The molecule has 0 aliphatic carbocycles. The Kier molecular flexibility index (Phi) is 5.92. The van der Waals surface area contributed by atoms with E-state index in [1.807, 2.05) is 19.1 Å². The van der Waals surface area contributed by atoms with Crippen molar-refractivity contribution in [2.75, 3.05) is 14.2 Å². The van der Waals surface area contributed by atoms with E-state index in [-0.39, 0.29) is 23.1 Å². The molecule has 1 amide bonds. The minimum Gasteiger partial charge on any atom is -0.493 e. The average Bonchev–Trinajstić information content (AvgIpc) is 2.58. The molecule has 2 rings (SSSR count). The highest BCUT2D eigenvalue weighted by molar-refractivity contribution is 8.13. The maximum Gasteiger partial charge on any atom is 0.261 e. The number of ether oxygens (including phenoxy) is 2. The van der Waals surface area contributed by atoms with Crippen molar-refractivity contribution in [3.63, 3.8) is 0 Å². The third-order valence-electron chi connectivity index (χ3n) is 3.66. The van der Waals surface area contributed by atoms with Crippen LogP contribution in [0.2, 0.25) is 0 Å². The Labute approximate surface area is 151 Å². The summed E-state index contributed by atoms with van der Waals surface area (Å²) in [4.78, 5) is 12.2. The number of hydrogen-bond donors (Lipinski definition) is 1. The zero-order chi connectivity index (χ0) is 18.6. The largest absolute Gasteiger partial charge is 0.493 e. The molecule has 2 aromatic carbocycles. The molecule has 0 unspecified atom stereocenters. The first-order valence-electron chi connectivity index (χ1n) is 7.31. The lowest BCUT2D eigenvalue weighted by Crippen LogP contribution is -2.24. The topological polar surface area (TPSA) is 81.7 Å². The van der Waals surface area contributed by atoms with Crippen LogP contribution >= 0.6 is 10.7 Å². The first-order chi connectivity index (χ1) is 11.8. The fourth-order valence-corrected chi connectivity index (χ4v) is 3.49. The Morgan fingerprint density at radius 2 is 1.72 bits per heavy atom. The molecule has 0 spiro atoms. The van der Waals surface area contributed by atoms with E-state index in [1.165, 1.54) is 26.4 Å². The summed E-state index contributed by atoms with van der Waals surface area (Å²) in [5, 5.41) is 2.70. The van der Waals surface area contributed by atoms with Crippen LogP contribution in [0.5, 0.6) is 11.5 Å². The van der Waals surface area contributed by atoms with Gasteiger partial charge in [0, 0.05) is 28.9 Å². The Hall–Kier alpha value is -2.25. The van der Waals surface area contributed by atoms with Gasteiger partial charge >= 0.3 is 0 Å². The van der Waals surface area contributed by atoms with Gasteiger partial charge in [0.2, 0.25) is 0 Å². The quantitative estimate of drug-likeness (QED) is 0.775. The highest BCUT2D eigenvalue weighted by Gasteiger charge is 2.21. The van der Waals surface area contributed by atoms with Crippen molar-refractivity contribution < 1.29 is 22.7 Å². The summed E-state index contributed by atoms with van der Waals surface area (Å²) in [6.07, 6.45) is 0. The van der Waals surface area contributed by atoms with E-state index in [2.05, 4.69) is 5.32 Å². The third-order valence-corrected chi connectivity index (χ3v) is 5.06. The van der Waals surface area contributed by atoms with Crippen LogP contribution in [0.4, 0.5) is 0 Å². The Morgan fingerprint density at radius 3 is 2.28 bits per heavy atom. The zero-order valence-electron chi connectivity index (χ0n) is 14.0. The van der Waals surface area contributed by atoms with Gasteiger partial charge in [-0.05, 0) is 30.2 Å². The smallest absolute Gasteiger partial charge is 0.261 e. The van der Waals surface area contributed by atoms with Gasteiger partial charge in [-0.2, -0.15) is 0 Å². The first-order valence-corrected chi connectivity index (χ1v) is 9.62. The number of amides is 1. The molecule has 0 fully saturated rings. The van der Waals surface area contributed by atoms with Crippen molar-refractivity contribution in [3.05, 3.63) is 53.1 Å². The molecule has 0 aliphatic heterocycles. The van der Waals surface area contributed by atoms with Crippen LogP contribution in [0.15, 0.2) is 41.3 Å². The van der Waals surface area contributed by atoms with Crippen LogP contribution in [0.3, 0.4) is 0 Å². The Bertz CT molecular complexity index is 896. The van der Waals surface area contributed by atoms with Crippen molar-refractivity contribution >= 4 is 25.6 Å². The average molecular weight is 384 g/mol. The van der Waals surface area contributed by atoms with Gasteiger partial charge in [-0.25, -0.2) is 8.42 Å². The van der Waals surface area contributed by atoms with Gasteiger partial charge in [-0.1, -0.05) is 18.2 Å². The van der Waals surface area contributed by atoms with Gasteiger partial charge in [-0.15, -0.1) is 0 Å². The lowest BCUT2D eigenvalue weighted by Gasteiger charge is -2.14. The summed E-state index contributed by atoms with van der Waals surface area (Å²) in [7, 11) is 4.31. The molecule has 25 heavy (non-hydrogen) atoms. The summed E-state index contributed by atoms with van der Waals surface area (Å²) in [5.74, 6) is 0.258. The van der Waals surface area contributed by atoms with E-state index >= 15 is 0 Å². The highest BCUT2D eigenvalue weighted by atomic mass is 35.7. The van der Waals surface area contributed by atoms with Crippen molar-refractivity contribution in [2.45, 2.75) is 18.4 Å². The van der Waals surface area contributed by atoms with Crippen LogP contribution in [0.1, 0.15) is 21.5 Å². The van der Waals surface area contributed by atoms with Crippen LogP contribution in [0.25, 0.3) is 0 Å². The molecule has 8 heteroatoms. The zero-order valence-corrected chi connectivity index (χ0v) is 15.6. The fourth-order valence-electron chi connectivity index (χ4n) is 2.37. The second-order valence-corrected chi connectivity index (χ2v) is 7.78. The monoisotopic (exact) mass is 383 g/mol. The summed E-state index contributed by atoms with van der Waals surface area (Å²) >= 11 is 0. The number of benzene rings is 2. The standard InChI is InChI=1S/C17H18ClNO5S/c1-11-6-4-5-7-13(11)17(20)19-10-12-8-14(23-2)15(24-3)9-16(12)25(18,21)22/h4-9H,10H2,1-3H3,(H,19,20). The number of rotatable bonds is 6. The SMILES string of the molecule is COc1cc(CNC(=O)c2ccccc2C)c(S(=O)(=O)Cl)cc1OC. The molecule has 1 N–H and O–H groups in total. The second-order valence-electron chi connectivity index (χ2n) is 5.25. The molecule has 6 nitrogen and oxygen atoms in total. The maximum absolute atomic E-state index is 12.3. The van der Waals surface area contributed by atoms with E-state index in [0.717, 1.165) is 5.56 Å². The molecule has 2 aromatic rings. The number of hydrogen-bond acceptors (Lipinski definition) is 5. The number of aryl methyl sites for hydroxylation is 1. The lowest BCUT2D eigenvalue weighted by atomic mass is 10.1. The van der Waals surface area contributed by atoms with Crippen LogP contribution in [0, 0.1) is 6.92 Å². The molecule has 0 saturated carbocycles. The molecular formula is C17H18ClNO5S. The number of carbonyl (C=O) groups is 1. The fraction of sp³-hybridized carbons (Fsp3) is 0.235. The van der Waals surface area contributed by atoms with Crippen LogP contribution in [-0.4, -0.2) is 28.5 Å². The van der Waals surface area contributed by atoms with Gasteiger partial charge in [0.05, 0.1) is 19.1 Å². The van der Waals surface area contributed by atoms with Crippen molar-refractivity contribution in [3.8, 4) is 11.5 Å². The van der Waals surface area contributed by atoms with E-state index in [0.29, 0.717) is 16.9 Å². The van der Waals surface area contributed by atoms with Crippen LogP contribution < -0.4 is 14.8 Å². The predicted molar refractivity (Wildman–Crippen MR) is 94.9 cm³/mol. The molecule has 0 bridgehead atoms. The summed E-state index contributed by atoms with van der Waals surface area (Å²) < 4.78 is 34.0.